The van der Waals surface area contributed by atoms with Gasteiger partial charge >= 0.3 is 0 Å². The molecule has 1 aliphatic heterocycles. The molecular formula is C25H31NO4S2. The highest BCUT2D eigenvalue weighted by Gasteiger charge is 2.49. The molecule has 7 heteroatoms. The molecule has 1 fully saturated rings. The molecule has 2 aliphatic rings. The lowest BCUT2D eigenvalue weighted by atomic mass is 9.67. The molecule has 1 aliphatic carbocycles. The Hall–Kier alpha value is -1.77. The summed E-state index contributed by atoms with van der Waals surface area (Å²) in [5.74, 6) is 0. The number of fused-ring (bicyclic) bond motifs is 4. The molecule has 1 spiro atoms. The van der Waals surface area contributed by atoms with Crippen LogP contribution in [0.5, 0.6) is 0 Å². The summed E-state index contributed by atoms with van der Waals surface area (Å²) in [5, 5.41) is 1.43. The number of ether oxygens (including phenoxy) is 1. The van der Waals surface area contributed by atoms with Crippen molar-refractivity contribution in [3.05, 3.63) is 70.6 Å². The fourth-order valence-electron chi connectivity index (χ4n) is 5.39. The minimum absolute atomic E-state index is 0.0958. The molecule has 1 N–H and O–H groups in total. The van der Waals surface area contributed by atoms with E-state index in [4.69, 9.17) is 9.29 Å². The molecule has 0 bridgehead atoms. The van der Waals surface area contributed by atoms with Crippen LogP contribution < -0.4 is 0 Å². The van der Waals surface area contributed by atoms with E-state index in [1.54, 1.807) is 4.88 Å². The van der Waals surface area contributed by atoms with Gasteiger partial charge in [-0.2, -0.15) is 8.42 Å². The van der Waals surface area contributed by atoms with Crippen molar-refractivity contribution in [3.63, 3.8) is 0 Å². The van der Waals surface area contributed by atoms with Crippen molar-refractivity contribution >= 4 is 31.5 Å². The maximum atomic E-state index is 9.19. The number of rotatable bonds is 2. The Morgan fingerprint density at radius 3 is 2.19 bits per heavy atom. The summed E-state index contributed by atoms with van der Waals surface area (Å²) >= 11 is 1.98. The Kier molecular flexibility index (Phi) is 6.49. The lowest BCUT2D eigenvalue weighted by Gasteiger charge is -2.51. The molecule has 1 saturated carbocycles. The summed E-state index contributed by atoms with van der Waals surface area (Å²) in [6.07, 6.45) is 6.23. The zero-order valence-electron chi connectivity index (χ0n) is 18.9. The zero-order chi connectivity index (χ0) is 23.0. The quantitative estimate of drug-likeness (QED) is 0.518. The zero-order valence-corrected chi connectivity index (χ0v) is 20.5. The van der Waals surface area contributed by atoms with E-state index in [-0.39, 0.29) is 11.1 Å². The van der Waals surface area contributed by atoms with Gasteiger partial charge in [-0.05, 0) is 56.8 Å². The molecule has 0 unspecified atom stereocenters. The monoisotopic (exact) mass is 473 g/mol. The van der Waals surface area contributed by atoms with E-state index in [1.165, 1.54) is 21.2 Å². The van der Waals surface area contributed by atoms with Gasteiger partial charge in [0.05, 0.1) is 18.5 Å². The van der Waals surface area contributed by atoms with Gasteiger partial charge in [-0.15, -0.1) is 11.3 Å². The SMILES string of the molecule is CN(C)C1(c2ccccc2)CCC2(CC1)OCCc1sc3ccccc3c12.CS(=O)(=O)O. The highest BCUT2D eigenvalue weighted by molar-refractivity contribution is 7.85. The van der Waals surface area contributed by atoms with Crippen LogP contribution in [0.15, 0.2) is 54.6 Å². The van der Waals surface area contributed by atoms with Crippen molar-refractivity contribution in [3.8, 4) is 0 Å². The molecule has 32 heavy (non-hydrogen) atoms. The van der Waals surface area contributed by atoms with Gasteiger partial charge in [0.25, 0.3) is 10.1 Å². The maximum absolute atomic E-state index is 9.19. The third-order valence-electron chi connectivity index (χ3n) is 6.88. The summed E-state index contributed by atoms with van der Waals surface area (Å²) in [5.41, 5.74) is 2.96. The smallest absolute Gasteiger partial charge is 0.261 e. The second-order valence-corrected chi connectivity index (χ2v) is 11.6. The number of nitrogens with zero attached hydrogens (tertiary/aromatic N) is 1. The average molecular weight is 474 g/mol. The summed E-state index contributed by atoms with van der Waals surface area (Å²) in [6, 6.07) is 20.0. The summed E-state index contributed by atoms with van der Waals surface area (Å²) in [7, 11) is 0.802. The molecule has 0 amide bonds. The Balaban J connectivity index is 0.000000444. The first kappa shape index (κ1) is 23.4. The van der Waals surface area contributed by atoms with E-state index in [1.807, 2.05) is 11.3 Å². The van der Waals surface area contributed by atoms with E-state index < -0.39 is 10.1 Å². The summed E-state index contributed by atoms with van der Waals surface area (Å²) in [4.78, 5) is 3.99. The molecule has 5 nitrogen and oxygen atoms in total. The second-order valence-electron chi connectivity index (χ2n) is 9.01. The van der Waals surface area contributed by atoms with Gasteiger partial charge in [0.1, 0.15) is 0 Å². The Morgan fingerprint density at radius 2 is 1.56 bits per heavy atom. The number of hydrogen-bond donors (Lipinski definition) is 1. The van der Waals surface area contributed by atoms with Crippen LogP contribution in [0.1, 0.15) is 41.7 Å². The topological polar surface area (TPSA) is 66.8 Å². The van der Waals surface area contributed by atoms with Gasteiger partial charge in [-0.1, -0.05) is 48.5 Å². The first-order valence-corrected chi connectivity index (χ1v) is 13.6. The molecule has 0 saturated heterocycles. The Labute approximate surface area is 194 Å². The van der Waals surface area contributed by atoms with Gasteiger partial charge in [0, 0.05) is 27.1 Å². The van der Waals surface area contributed by atoms with Crippen LogP contribution in [0.2, 0.25) is 0 Å². The number of thiophene rings is 1. The van der Waals surface area contributed by atoms with Gasteiger partial charge in [-0.3, -0.25) is 9.45 Å². The lowest BCUT2D eigenvalue weighted by Crippen LogP contribution is -2.49. The van der Waals surface area contributed by atoms with Crippen LogP contribution in [0.4, 0.5) is 0 Å². The average Bonchev–Trinajstić information content (AvgIpc) is 3.14. The molecule has 0 atom stereocenters. The summed E-state index contributed by atoms with van der Waals surface area (Å²) < 4.78 is 33.9. The molecule has 2 aromatic carbocycles. The van der Waals surface area contributed by atoms with Crippen molar-refractivity contribution in [2.75, 3.05) is 27.0 Å². The van der Waals surface area contributed by atoms with Crippen molar-refractivity contribution in [1.82, 2.24) is 4.90 Å². The standard InChI is InChI=1S/C24H27NOS.CH4O3S/c1-25(2)23(18-8-4-3-5-9-18)13-15-24(16-14-23)22-19-10-6-7-11-20(19)27-21(22)12-17-26-24;1-5(2,3)4/h3-11H,12-17H2,1-2H3;1H3,(H,2,3,4). The normalized spacial score (nSPS) is 25.4. The van der Waals surface area contributed by atoms with Crippen molar-refractivity contribution in [2.45, 2.75) is 43.2 Å². The van der Waals surface area contributed by atoms with Crippen LogP contribution >= 0.6 is 11.3 Å². The van der Waals surface area contributed by atoms with Gasteiger partial charge in [-0.25, -0.2) is 0 Å². The number of benzene rings is 2. The van der Waals surface area contributed by atoms with Crippen LogP contribution in [0.25, 0.3) is 10.1 Å². The first-order valence-electron chi connectivity index (χ1n) is 10.9. The highest BCUT2D eigenvalue weighted by atomic mass is 32.2. The van der Waals surface area contributed by atoms with Crippen LogP contribution in [0.3, 0.4) is 0 Å². The van der Waals surface area contributed by atoms with Crippen molar-refractivity contribution in [1.29, 1.82) is 0 Å². The third-order valence-corrected chi connectivity index (χ3v) is 8.11. The van der Waals surface area contributed by atoms with Gasteiger partial charge < -0.3 is 4.74 Å². The minimum Gasteiger partial charge on any atom is -0.370 e. The lowest BCUT2D eigenvalue weighted by molar-refractivity contribution is -0.109. The predicted molar refractivity (Wildman–Crippen MR) is 131 cm³/mol. The second kappa shape index (κ2) is 8.88. The van der Waals surface area contributed by atoms with Crippen LogP contribution in [0, 0.1) is 0 Å². The molecule has 2 heterocycles. The van der Waals surface area contributed by atoms with Crippen LogP contribution in [-0.2, 0) is 32.4 Å². The van der Waals surface area contributed by atoms with E-state index in [9.17, 15) is 8.42 Å². The molecule has 3 aromatic rings. The number of hydrogen-bond acceptors (Lipinski definition) is 5. The molecule has 0 radical (unpaired) electrons. The molecule has 1 aromatic heterocycles. The van der Waals surface area contributed by atoms with Gasteiger partial charge in [0.15, 0.2) is 0 Å². The fraction of sp³-hybridized carbons (Fsp3) is 0.440. The first-order chi connectivity index (χ1) is 15.1. The Morgan fingerprint density at radius 1 is 0.969 bits per heavy atom. The highest BCUT2D eigenvalue weighted by Crippen LogP contribution is 2.54. The van der Waals surface area contributed by atoms with E-state index in [2.05, 4.69) is 73.6 Å². The third kappa shape index (κ3) is 4.50. The molecule has 5 rings (SSSR count). The molecule has 172 valence electrons. The fourth-order valence-corrected chi connectivity index (χ4v) is 6.66. The van der Waals surface area contributed by atoms with E-state index >= 15 is 0 Å². The van der Waals surface area contributed by atoms with Crippen LogP contribution in [-0.4, -0.2) is 44.8 Å². The van der Waals surface area contributed by atoms with Crippen molar-refractivity contribution in [2.24, 2.45) is 0 Å². The molecular weight excluding hydrogens is 442 g/mol. The minimum atomic E-state index is -3.67. The summed E-state index contributed by atoms with van der Waals surface area (Å²) in [6.45, 7) is 0.861. The predicted octanol–water partition coefficient (Wildman–Crippen LogP) is 5.20. The Bertz CT molecular complexity index is 1170. The largest absolute Gasteiger partial charge is 0.370 e. The van der Waals surface area contributed by atoms with E-state index in [0.29, 0.717) is 6.26 Å². The van der Waals surface area contributed by atoms with E-state index in [0.717, 1.165) is 38.7 Å². The van der Waals surface area contributed by atoms with Gasteiger partial charge in [0.2, 0.25) is 0 Å². The maximum Gasteiger partial charge on any atom is 0.261 e. The van der Waals surface area contributed by atoms with Crippen molar-refractivity contribution < 1.29 is 17.7 Å².